The predicted octanol–water partition coefficient (Wildman–Crippen LogP) is 1.78. The van der Waals surface area contributed by atoms with Crippen LogP contribution in [0.4, 0.5) is 10.2 Å². The molecule has 2 aliphatic rings. The van der Waals surface area contributed by atoms with Crippen molar-refractivity contribution in [2.45, 2.75) is 38.5 Å². The molecule has 0 saturated carbocycles. The molecule has 2 atom stereocenters. The molecular weight excluding hydrogens is 387 g/mol. The monoisotopic (exact) mass is 412 g/mol. The van der Waals surface area contributed by atoms with Crippen molar-refractivity contribution in [3.05, 3.63) is 42.0 Å². The highest BCUT2D eigenvalue weighted by Gasteiger charge is 2.47. The fourth-order valence-electron chi connectivity index (χ4n) is 4.64. The van der Waals surface area contributed by atoms with E-state index in [0.29, 0.717) is 35.0 Å². The van der Waals surface area contributed by atoms with Gasteiger partial charge in [0.2, 0.25) is 0 Å². The van der Waals surface area contributed by atoms with Crippen molar-refractivity contribution in [1.29, 1.82) is 0 Å². The molecule has 8 nitrogen and oxygen atoms in total. The van der Waals surface area contributed by atoms with Crippen LogP contribution in [-0.2, 0) is 11.3 Å². The molecule has 1 spiro atoms. The van der Waals surface area contributed by atoms with Crippen LogP contribution in [-0.4, -0.2) is 56.7 Å². The number of nitrogens with two attached hydrogens (primary N) is 1. The Kier molecular flexibility index (Phi) is 4.68. The number of anilines is 1. The molecule has 2 saturated heterocycles. The summed E-state index contributed by atoms with van der Waals surface area (Å²) in [5, 5.41) is 14.3. The van der Waals surface area contributed by atoms with Crippen LogP contribution in [0.3, 0.4) is 0 Å². The first-order chi connectivity index (χ1) is 14.5. The lowest BCUT2D eigenvalue weighted by Crippen LogP contribution is -2.51. The van der Waals surface area contributed by atoms with Crippen molar-refractivity contribution in [2.24, 2.45) is 11.1 Å². The van der Waals surface area contributed by atoms with E-state index >= 15 is 0 Å². The largest absolute Gasteiger partial charge is 0.390 e. The first-order valence-corrected chi connectivity index (χ1v) is 10.2. The molecule has 9 heteroatoms. The quantitative estimate of drug-likeness (QED) is 0.676. The van der Waals surface area contributed by atoms with Gasteiger partial charge in [-0.25, -0.2) is 19.0 Å². The fourth-order valence-corrected chi connectivity index (χ4v) is 4.64. The lowest BCUT2D eigenvalue weighted by molar-refractivity contribution is 0.0973. The first kappa shape index (κ1) is 19.3. The number of piperidine rings is 1. The second kappa shape index (κ2) is 7.26. The highest BCUT2D eigenvalue weighted by Crippen LogP contribution is 2.42. The zero-order valence-corrected chi connectivity index (χ0v) is 16.8. The third-order valence-electron chi connectivity index (χ3n) is 6.58. The molecule has 0 radical (unpaired) electrons. The van der Waals surface area contributed by atoms with Crippen molar-refractivity contribution in [3.8, 4) is 5.69 Å². The Labute approximate surface area is 173 Å². The van der Waals surface area contributed by atoms with Gasteiger partial charge in [-0.15, -0.1) is 0 Å². The van der Waals surface area contributed by atoms with E-state index in [-0.39, 0.29) is 30.0 Å². The Hall–Kier alpha value is -2.62. The SMILES string of the molecule is CC1OCC2(CCN(c3nc4cnn(-c5ccc(F)cc5)c4nc3CO)CC2)C1N. The second-order valence-corrected chi connectivity index (χ2v) is 8.28. The molecule has 30 heavy (non-hydrogen) atoms. The number of hydrogen-bond acceptors (Lipinski definition) is 7. The summed E-state index contributed by atoms with van der Waals surface area (Å²) in [5.41, 5.74) is 8.78. The van der Waals surface area contributed by atoms with Gasteiger partial charge < -0.3 is 20.5 Å². The predicted molar refractivity (Wildman–Crippen MR) is 110 cm³/mol. The maximum atomic E-state index is 13.3. The molecule has 2 fully saturated rings. The topological polar surface area (TPSA) is 102 Å². The van der Waals surface area contributed by atoms with Crippen LogP contribution >= 0.6 is 0 Å². The summed E-state index contributed by atoms with van der Waals surface area (Å²) in [7, 11) is 0. The summed E-state index contributed by atoms with van der Waals surface area (Å²) in [6, 6.07) is 6.06. The van der Waals surface area contributed by atoms with Crippen LogP contribution in [0.5, 0.6) is 0 Å². The van der Waals surface area contributed by atoms with Gasteiger partial charge in [0.1, 0.15) is 17.0 Å². The smallest absolute Gasteiger partial charge is 0.182 e. The van der Waals surface area contributed by atoms with Crippen LogP contribution in [0.15, 0.2) is 30.5 Å². The molecule has 1 aromatic carbocycles. The van der Waals surface area contributed by atoms with Crippen molar-refractivity contribution in [2.75, 3.05) is 24.6 Å². The van der Waals surface area contributed by atoms with Gasteiger partial charge in [0, 0.05) is 24.5 Å². The average molecular weight is 412 g/mol. The summed E-state index contributed by atoms with van der Waals surface area (Å²) in [6.45, 7) is 4.07. The maximum Gasteiger partial charge on any atom is 0.182 e. The van der Waals surface area contributed by atoms with Crippen molar-refractivity contribution >= 4 is 17.0 Å². The molecule has 2 aromatic heterocycles. The number of hydrogen-bond donors (Lipinski definition) is 2. The highest BCUT2D eigenvalue weighted by atomic mass is 19.1. The van der Waals surface area contributed by atoms with Gasteiger partial charge in [-0.05, 0) is 44.0 Å². The number of aliphatic hydroxyl groups is 1. The molecule has 0 aliphatic carbocycles. The highest BCUT2D eigenvalue weighted by molar-refractivity contribution is 5.74. The molecular formula is C21H25FN6O2. The Morgan fingerprint density at radius 3 is 2.60 bits per heavy atom. The zero-order chi connectivity index (χ0) is 20.9. The number of fused-ring (bicyclic) bond motifs is 1. The molecule has 158 valence electrons. The van der Waals surface area contributed by atoms with Crippen LogP contribution in [0.2, 0.25) is 0 Å². The zero-order valence-electron chi connectivity index (χ0n) is 16.8. The second-order valence-electron chi connectivity index (χ2n) is 8.28. The van der Waals surface area contributed by atoms with Crippen LogP contribution in [0.25, 0.3) is 16.9 Å². The van der Waals surface area contributed by atoms with Gasteiger partial charge in [0.25, 0.3) is 0 Å². The molecule has 3 N–H and O–H groups in total. The summed E-state index contributed by atoms with van der Waals surface area (Å²) in [5.74, 6) is 0.364. The Balaban J connectivity index is 1.45. The minimum absolute atomic E-state index is 0.0142. The van der Waals surface area contributed by atoms with Crippen LogP contribution in [0, 0.1) is 11.2 Å². The van der Waals surface area contributed by atoms with Gasteiger partial charge in [-0.1, -0.05) is 0 Å². The van der Waals surface area contributed by atoms with Gasteiger partial charge in [-0.2, -0.15) is 5.10 Å². The summed E-state index contributed by atoms with van der Waals surface area (Å²) in [6.07, 6.45) is 3.55. The first-order valence-electron chi connectivity index (χ1n) is 10.2. The van der Waals surface area contributed by atoms with Gasteiger partial charge in [-0.3, -0.25) is 0 Å². The molecule has 3 aromatic rings. The number of halogens is 1. The number of aliphatic hydroxyl groups excluding tert-OH is 1. The third kappa shape index (κ3) is 3.05. The molecule has 2 unspecified atom stereocenters. The van der Waals surface area contributed by atoms with E-state index in [4.69, 9.17) is 15.5 Å². The molecule has 5 rings (SSSR count). The van der Waals surface area contributed by atoms with Crippen molar-refractivity contribution in [1.82, 2.24) is 19.7 Å². The van der Waals surface area contributed by atoms with Gasteiger partial charge in [0.15, 0.2) is 11.5 Å². The van der Waals surface area contributed by atoms with Crippen LogP contribution < -0.4 is 10.6 Å². The number of benzene rings is 1. The van der Waals surface area contributed by atoms with E-state index in [0.717, 1.165) is 25.9 Å². The Morgan fingerprint density at radius 2 is 1.97 bits per heavy atom. The van der Waals surface area contributed by atoms with E-state index < -0.39 is 0 Å². The summed E-state index contributed by atoms with van der Waals surface area (Å²) >= 11 is 0. The maximum absolute atomic E-state index is 13.3. The van der Waals surface area contributed by atoms with Crippen LogP contribution in [0.1, 0.15) is 25.5 Å². The molecule has 2 aliphatic heterocycles. The van der Waals surface area contributed by atoms with E-state index in [1.54, 1.807) is 23.0 Å². The number of aromatic nitrogens is 4. The Bertz CT molecular complexity index is 1060. The standard InChI is InChI=1S/C21H25FN6O2/c1-13-18(23)21(12-30-13)6-8-27(9-7-21)19-17(11-29)26-20-16(25-19)10-24-28(20)15-4-2-14(22)3-5-15/h2-5,10,13,18,29H,6-9,11-12,23H2,1H3. The van der Waals surface area contributed by atoms with E-state index in [9.17, 15) is 9.50 Å². The number of rotatable bonds is 3. The minimum Gasteiger partial charge on any atom is -0.390 e. The summed E-state index contributed by atoms with van der Waals surface area (Å²) in [4.78, 5) is 11.6. The van der Waals surface area contributed by atoms with E-state index in [1.807, 2.05) is 6.92 Å². The third-order valence-corrected chi connectivity index (χ3v) is 6.58. The summed E-state index contributed by atoms with van der Waals surface area (Å²) < 4.78 is 20.7. The lowest BCUT2D eigenvalue weighted by atomic mass is 9.73. The number of ether oxygens (including phenoxy) is 1. The Morgan fingerprint density at radius 1 is 1.23 bits per heavy atom. The molecule has 0 amide bonds. The van der Waals surface area contributed by atoms with Crippen molar-refractivity contribution in [3.63, 3.8) is 0 Å². The lowest BCUT2D eigenvalue weighted by Gasteiger charge is -2.41. The average Bonchev–Trinajstić information content (AvgIpc) is 3.30. The molecule has 4 heterocycles. The number of nitrogens with zero attached hydrogens (tertiary/aromatic N) is 5. The normalized spacial score (nSPS) is 23.5. The van der Waals surface area contributed by atoms with Gasteiger partial charge in [0.05, 0.1) is 31.2 Å². The van der Waals surface area contributed by atoms with Gasteiger partial charge >= 0.3 is 0 Å². The van der Waals surface area contributed by atoms with E-state index in [2.05, 4.69) is 15.0 Å². The fraction of sp³-hybridized carbons (Fsp3) is 0.476. The van der Waals surface area contributed by atoms with E-state index in [1.165, 1.54) is 12.1 Å². The van der Waals surface area contributed by atoms with Crippen molar-refractivity contribution < 1.29 is 14.2 Å². The minimum atomic E-state index is -0.315. The molecule has 0 bridgehead atoms.